The van der Waals surface area contributed by atoms with Gasteiger partial charge in [0.25, 0.3) is 0 Å². The number of likely N-dealkylation sites (tertiary alicyclic amines) is 1. The van der Waals surface area contributed by atoms with Crippen LogP contribution in [0.25, 0.3) is 0 Å². The Kier molecular flexibility index (Phi) is 1.59. The standard InChI is InChI=1S/C10H19NO/c1-9(2,3)11-5-4-8-6-10(8,12)7-11/h8,12H,4-7H2,1-3H3/t8-,10+/m0/s1. The molecule has 2 heteroatoms. The Balaban J connectivity index is 2.02. The first kappa shape index (κ1) is 8.52. The third kappa shape index (κ3) is 1.27. The van der Waals surface area contributed by atoms with Crippen LogP contribution in [0.5, 0.6) is 0 Å². The molecule has 2 rings (SSSR count). The van der Waals surface area contributed by atoms with Crippen LogP contribution in [0.15, 0.2) is 0 Å². The predicted octanol–water partition coefficient (Wildman–Crippen LogP) is 1.24. The first-order valence-corrected chi connectivity index (χ1v) is 4.89. The number of rotatable bonds is 0. The van der Waals surface area contributed by atoms with E-state index in [-0.39, 0.29) is 11.1 Å². The number of hydrogen-bond acceptors (Lipinski definition) is 2. The minimum absolute atomic E-state index is 0.225. The molecule has 12 heavy (non-hydrogen) atoms. The predicted molar refractivity (Wildman–Crippen MR) is 49.0 cm³/mol. The van der Waals surface area contributed by atoms with Crippen LogP contribution >= 0.6 is 0 Å². The average molecular weight is 169 g/mol. The smallest absolute Gasteiger partial charge is 0.0807 e. The Morgan fingerprint density at radius 3 is 2.58 bits per heavy atom. The lowest BCUT2D eigenvalue weighted by atomic mass is 10.00. The second-order valence-corrected chi connectivity index (χ2v) is 5.39. The van der Waals surface area contributed by atoms with Crippen LogP contribution in [-0.2, 0) is 0 Å². The van der Waals surface area contributed by atoms with E-state index in [9.17, 15) is 5.11 Å². The Morgan fingerprint density at radius 1 is 1.42 bits per heavy atom. The van der Waals surface area contributed by atoms with Crippen molar-refractivity contribution in [3.63, 3.8) is 0 Å². The SMILES string of the molecule is CC(C)(C)N1CC[C@H]2C[C@@]2(O)C1. The fourth-order valence-electron chi connectivity index (χ4n) is 2.23. The molecule has 0 aromatic heterocycles. The fourth-order valence-corrected chi connectivity index (χ4v) is 2.23. The van der Waals surface area contributed by atoms with E-state index >= 15 is 0 Å². The topological polar surface area (TPSA) is 23.5 Å². The van der Waals surface area contributed by atoms with Gasteiger partial charge < -0.3 is 5.11 Å². The van der Waals surface area contributed by atoms with Gasteiger partial charge in [-0.05, 0) is 46.1 Å². The molecule has 0 bridgehead atoms. The Hall–Kier alpha value is -0.0800. The highest BCUT2D eigenvalue weighted by molar-refractivity contribution is 5.09. The van der Waals surface area contributed by atoms with Gasteiger partial charge in [-0.25, -0.2) is 0 Å². The summed E-state index contributed by atoms with van der Waals surface area (Å²) >= 11 is 0. The van der Waals surface area contributed by atoms with Crippen LogP contribution in [0.4, 0.5) is 0 Å². The van der Waals surface area contributed by atoms with E-state index in [1.165, 1.54) is 6.42 Å². The molecule has 2 fully saturated rings. The summed E-state index contributed by atoms with van der Waals surface area (Å²) in [6.07, 6.45) is 2.23. The quantitative estimate of drug-likeness (QED) is 0.590. The first-order chi connectivity index (χ1) is 5.42. The van der Waals surface area contributed by atoms with Gasteiger partial charge in [-0.3, -0.25) is 4.90 Å². The molecule has 1 aliphatic heterocycles. The van der Waals surface area contributed by atoms with Gasteiger partial charge in [0.2, 0.25) is 0 Å². The van der Waals surface area contributed by atoms with Gasteiger partial charge in [0.1, 0.15) is 0 Å². The largest absolute Gasteiger partial charge is 0.388 e. The Labute approximate surface area is 74.6 Å². The van der Waals surface area contributed by atoms with Gasteiger partial charge in [-0.2, -0.15) is 0 Å². The highest BCUT2D eigenvalue weighted by Crippen LogP contribution is 2.50. The van der Waals surface area contributed by atoms with Crippen molar-refractivity contribution < 1.29 is 5.11 Å². The number of β-amino-alcohol motifs (C(OH)–C–C–N with tert-alkyl or cyclic N) is 1. The summed E-state index contributed by atoms with van der Waals surface area (Å²) in [5, 5.41) is 9.94. The molecule has 70 valence electrons. The van der Waals surface area contributed by atoms with Crippen LogP contribution in [0.3, 0.4) is 0 Å². The van der Waals surface area contributed by atoms with Gasteiger partial charge in [0.05, 0.1) is 5.60 Å². The van der Waals surface area contributed by atoms with Gasteiger partial charge >= 0.3 is 0 Å². The summed E-state index contributed by atoms with van der Waals surface area (Å²) in [6, 6.07) is 0. The second kappa shape index (κ2) is 2.24. The molecule has 2 aliphatic rings. The van der Waals surface area contributed by atoms with E-state index in [2.05, 4.69) is 25.7 Å². The summed E-state index contributed by atoms with van der Waals surface area (Å²) in [5.74, 6) is 0.621. The van der Waals surface area contributed by atoms with Gasteiger partial charge in [0, 0.05) is 12.1 Å². The number of hydrogen-bond donors (Lipinski definition) is 1. The zero-order chi connectivity index (χ0) is 8.98. The fraction of sp³-hybridized carbons (Fsp3) is 1.00. The van der Waals surface area contributed by atoms with Crippen molar-refractivity contribution in [2.24, 2.45) is 5.92 Å². The molecule has 0 unspecified atom stereocenters. The van der Waals surface area contributed by atoms with Crippen molar-refractivity contribution >= 4 is 0 Å². The molecule has 1 N–H and O–H groups in total. The molecule has 0 aromatic rings. The van der Waals surface area contributed by atoms with Crippen LogP contribution < -0.4 is 0 Å². The average Bonchev–Trinajstić information content (AvgIpc) is 2.56. The van der Waals surface area contributed by atoms with Crippen LogP contribution in [0, 0.1) is 5.92 Å². The molecule has 0 amide bonds. The van der Waals surface area contributed by atoms with Crippen molar-refractivity contribution in [3.05, 3.63) is 0 Å². The third-order valence-corrected chi connectivity index (χ3v) is 3.36. The Bertz CT molecular complexity index is 197. The number of piperidine rings is 1. The molecule has 1 aliphatic carbocycles. The van der Waals surface area contributed by atoms with E-state index in [0.29, 0.717) is 5.92 Å². The molecule has 1 saturated heterocycles. The lowest BCUT2D eigenvalue weighted by Crippen LogP contribution is -2.49. The van der Waals surface area contributed by atoms with Crippen molar-refractivity contribution in [3.8, 4) is 0 Å². The minimum Gasteiger partial charge on any atom is -0.388 e. The van der Waals surface area contributed by atoms with Crippen LogP contribution in [0.1, 0.15) is 33.6 Å². The highest BCUT2D eigenvalue weighted by atomic mass is 16.3. The summed E-state index contributed by atoms with van der Waals surface area (Å²) in [7, 11) is 0. The minimum atomic E-state index is -0.300. The Morgan fingerprint density at radius 2 is 2.08 bits per heavy atom. The van der Waals surface area contributed by atoms with Gasteiger partial charge in [0.15, 0.2) is 0 Å². The van der Waals surface area contributed by atoms with E-state index in [1.807, 2.05) is 0 Å². The molecule has 1 saturated carbocycles. The van der Waals surface area contributed by atoms with E-state index in [0.717, 1.165) is 19.5 Å². The van der Waals surface area contributed by atoms with Crippen molar-refractivity contribution in [2.75, 3.05) is 13.1 Å². The highest BCUT2D eigenvalue weighted by Gasteiger charge is 2.56. The van der Waals surface area contributed by atoms with Gasteiger partial charge in [-0.15, -0.1) is 0 Å². The number of aliphatic hydroxyl groups is 1. The summed E-state index contributed by atoms with van der Waals surface area (Å²) in [5.41, 5.74) is -0.0746. The zero-order valence-corrected chi connectivity index (χ0v) is 8.30. The molecule has 0 radical (unpaired) electrons. The monoisotopic (exact) mass is 169 g/mol. The van der Waals surface area contributed by atoms with Crippen molar-refractivity contribution in [1.29, 1.82) is 0 Å². The zero-order valence-electron chi connectivity index (χ0n) is 8.30. The van der Waals surface area contributed by atoms with Gasteiger partial charge in [-0.1, -0.05) is 0 Å². The third-order valence-electron chi connectivity index (χ3n) is 3.36. The van der Waals surface area contributed by atoms with Crippen LogP contribution in [-0.4, -0.2) is 34.2 Å². The molecular formula is C10H19NO. The molecule has 2 nitrogen and oxygen atoms in total. The number of nitrogens with zero attached hydrogens (tertiary/aromatic N) is 1. The normalized spacial score (nSPS) is 42.5. The second-order valence-electron chi connectivity index (χ2n) is 5.39. The summed E-state index contributed by atoms with van der Waals surface area (Å²) < 4.78 is 0. The van der Waals surface area contributed by atoms with Crippen LogP contribution in [0.2, 0.25) is 0 Å². The molecule has 0 aromatic carbocycles. The van der Waals surface area contributed by atoms with E-state index < -0.39 is 0 Å². The van der Waals surface area contributed by atoms with Crippen molar-refractivity contribution in [2.45, 2.75) is 44.8 Å². The van der Waals surface area contributed by atoms with E-state index in [4.69, 9.17) is 0 Å². The van der Waals surface area contributed by atoms with Crippen molar-refractivity contribution in [1.82, 2.24) is 4.90 Å². The maximum absolute atomic E-state index is 9.94. The molecular weight excluding hydrogens is 150 g/mol. The number of fused-ring (bicyclic) bond motifs is 1. The molecule has 2 atom stereocenters. The lowest BCUT2D eigenvalue weighted by molar-refractivity contribution is 0.00786. The molecule has 1 heterocycles. The first-order valence-electron chi connectivity index (χ1n) is 4.89. The summed E-state index contributed by atoms with van der Waals surface area (Å²) in [4.78, 5) is 2.40. The molecule has 0 spiro atoms. The lowest BCUT2D eigenvalue weighted by Gasteiger charge is -2.40. The maximum Gasteiger partial charge on any atom is 0.0807 e. The summed E-state index contributed by atoms with van der Waals surface area (Å²) in [6.45, 7) is 8.72. The maximum atomic E-state index is 9.94. The van der Waals surface area contributed by atoms with E-state index in [1.54, 1.807) is 0 Å².